The number of anilines is 2. The van der Waals surface area contributed by atoms with Crippen molar-refractivity contribution in [3.63, 3.8) is 0 Å². The van der Waals surface area contributed by atoms with Crippen molar-refractivity contribution in [2.75, 3.05) is 17.2 Å². The second kappa shape index (κ2) is 6.00. The van der Waals surface area contributed by atoms with Gasteiger partial charge in [0.1, 0.15) is 5.69 Å². The van der Waals surface area contributed by atoms with Crippen LogP contribution in [0.25, 0.3) is 0 Å². The highest BCUT2D eigenvalue weighted by atomic mass is 16.2. The SMILES string of the molecule is CCCN(C(=O)c1ccccn1)c1ccccc1N. The van der Waals surface area contributed by atoms with E-state index >= 15 is 0 Å². The van der Waals surface area contributed by atoms with Gasteiger partial charge in [0.15, 0.2) is 0 Å². The molecule has 1 aromatic heterocycles. The van der Waals surface area contributed by atoms with E-state index in [1.54, 1.807) is 35.4 Å². The van der Waals surface area contributed by atoms with Gasteiger partial charge in [0.2, 0.25) is 0 Å². The van der Waals surface area contributed by atoms with Crippen molar-refractivity contribution in [3.05, 3.63) is 54.4 Å². The maximum Gasteiger partial charge on any atom is 0.276 e. The number of carbonyl (C=O) groups excluding carboxylic acids is 1. The molecule has 4 nitrogen and oxygen atoms in total. The molecule has 4 heteroatoms. The molecule has 0 aliphatic carbocycles. The molecule has 2 aromatic rings. The number of pyridine rings is 1. The molecule has 0 radical (unpaired) electrons. The fourth-order valence-corrected chi connectivity index (χ4v) is 1.92. The number of para-hydroxylation sites is 2. The molecule has 1 amide bonds. The summed E-state index contributed by atoms with van der Waals surface area (Å²) in [7, 11) is 0. The molecule has 98 valence electrons. The van der Waals surface area contributed by atoms with E-state index in [0.29, 0.717) is 17.9 Å². The van der Waals surface area contributed by atoms with Gasteiger partial charge in [-0.2, -0.15) is 0 Å². The van der Waals surface area contributed by atoms with E-state index in [1.807, 2.05) is 25.1 Å². The molecule has 1 aromatic carbocycles. The molecule has 2 rings (SSSR count). The second-order valence-electron chi connectivity index (χ2n) is 4.23. The van der Waals surface area contributed by atoms with E-state index < -0.39 is 0 Å². The third kappa shape index (κ3) is 2.91. The van der Waals surface area contributed by atoms with Crippen LogP contribution >= 0.6 is 0 Å². The van der Waals surface area contributed by atoms with Gasteiger partial charge < -0.3 is 10.6 Å². The van der Waals surface area contributed by atoms with Gasteiger partial charge in [-0.25, -0.2) is 0 Å². The highest BCUT2D eigenvalue weighted by Gasteiger charge is 2.19. The van der Waals surface area contributed by atoms with E-state index in [0.717, 1.165) is 12.1 Å². The zero-order valence-electron chi connectivity index (χ0n) is 10.9. The highest BCUT2D eigenvalue weighted by molar-refractivity contribution is 6.06. The number of hydrogen-bond donors (Lipinski definition) is 1. The van der Waals surface area contributed by atoms with Crippen LogP contribution in [0.4, 0.5) is 11.4 Å². The first-order valence-electron chi connectivity index (χ1n) is 6.31. The molecule has 0 bridgehead atoms. The Morgan fingerprint density at radius 1 is 1.21 bits per heavy atom. The van der Waals surface area contributed by atoms with E-state index in [4.69, 9.17) is 5.73 Å². The van der Waals surface area contributed by atoms with Crippen LogP contribution in [0, 0.1) is 0 Å². The Labute approximate surface area is 112 Å². The first-order chi connectivity index (χ1) is 9.24. The number of hydrogen-bond acceptors (Lipinski definition) is 3. The van der Waals surface area contributed by atoms with Gasteiger partial charge in [-0.1, -0.05) is 25.1 Å². The molecule has 19 heavy (non-hydrogen) atoms. The smallest absolute Gasteiger partial charge is 0.276 e. The van der Waals surface area contributed by atoms with Crippen molar-refractivity contribution in [2.24, 2.45) is 0 Å². The van der Waals surface area contributed by atoms with E-state index in [-0.39, 0.29) is 5.91 Å². The minimum atomic E-state index is -0.125. The first kappa shape index (κ1) is 13.1. The molecule has 1 heterocycles. The Hall–Kier alpha value is -2.36. The Kier molecular flexibility index (Phi) is 4.13. The molecule has 0 atom stereocenters. The Morgan fingerprint density at radius 2 is 1.95 bits per heavy atom. The largest absolute Gasteiger partial charge is 0.397 e. The molecule has 0 saturated heterocycles. The lowest BCUT2D eigenvalue weighted by atomic mass is 10.2. The summed E-state index contributed by atoms with van der Waals surface area (Å²) in [6.07, 6.45) is 2.47. The lowest BCUT2D eigenvalue weighted by molar-refractivity contribution is 0.0982. The molecule has 0 saturated carbocycles. The summed E-state index contributed by atoms with van der Waals surface area (Å²) >= 11 is 0. The summed E-state index contributed by atoms with van der Waals surface area (Å²) in [4.78, 5) is 18.3. The predicted octanol–water partition coefficient (Wildman–Crippen LogP) is 2.72. The second-order valence-corrected chi connectivity index (χ2v) is 4.23. The fourth-order valence-electron chi connectivity index (χ4n) is 1.92. The zero-order valence-corrected chi connectivity index (χ0v) is 10.9. The summed E-state index contributed by atoms with van der Waals surface area (Å²) < 4.78 is 0. The van der Waals surface area contributed by atoms with Crippen LogP contribution in [0.5, 0.6) is 0 Å². The molecule has 0 aliphatic heterocycles. The number of nitrogen functional groups attached to an aromatic ring is 1. The van der Waals surface area contributed by atoms with Crippen molar-refractivity contribution >= 4 is 17.3 Å². The molecular formula is C15H17N3O. The standard InChI is InChI=1S/C15H17N3O/c1-2-11-18(14-9-4-3-7-12(14)16)15(19)13-8-5-6-10-17-13/h3-10H,2,11,16H2,1H3. The van der Waals surface area contributed by atoms with Crippen molar-refractivity contribution in [1.29, 1.82) is 0 Å². The number of carbonyl (C=O) groups is 1. The maximum atomic E-state index is 12.5. The number of amides is 1. The molecule has 0 unspecified atom stereocenters. The van der Waals surface area contributed by atoms with Crippen molar-refractivity contribution in [1.82, 2.24) is 4.98 Å². The van der Waals surface area contributed by atoms with Crippen LogP contribution in [-0.2, 0) is 0 Å². The van der Waals surface area contributed by atoms with Crippen LogP contribution < -0.4 is 10.6 Å². The number of aromatic nitrogens is 1. The lowest BCUT2D eigenvalue weighted by Gasteiger charge is -2.23. The fraction of sp³-hybridized carbons (Fsp3) is 0.200. The predicted molar refractivity (Wildman–Crippen MR) is 77.1 cm³/mol. The summed E-state index contributed by atoms with van der Waals surface area (Å²) in [5, 5.41) is 0. The van der Waals surface area contributed by atoms with Gasteiger partial charge in [-0.3, -0.25) is 9.78 Å². The summed E-state index contributed by atoms with van der Waals surface area (Å²) in [6.45, 7) is 2.64. The normalized spacial score (nSPS) is 10.2. The molecule has 0 aliphatic rings. The van der Waals surface area contributed by atoms with Crippen LogP contribution in [0.15, 0.2) is 48.7 Å². The minimum Gasteiger partial charge on any atom is -0.397 e. The van der Waals surface area contributed by atoms with E-state index in [2.05, 4.69) is 4.98 Å². The number of rotatable bonds is 4. The van der Waals surface area contributed by atoms with Crippen LogP contribution in [-0.4, -0.2) is 17.4 Å². The number of nitrogens with two attached hydrogens (primary N) is 1. The topological polar surface area (TPSA) is 59.2 Å². The average molecular weight is 255 g/mol. The third-order valence-electron chi connectivity index (χ3n) is 2.80. The molecular weight excluding hydrogens is 238 g/mol. The first-order valence-corrected chi connectivity index (χ1v) is 6.31. The summed E-state index contributed by atoms with van der Waals surface area (Å²) in [5.74, 6) is -0.125. The van der Waals surface area contributed by atoms with E-state index in [9.17, 15) is 4.79 Å². The lowest BCUT2D eigenvalue weighted by Crippen LogP contribution is -2.32. The van der Waals surface area contributed by atoms with Crippen molar-refractivity contribution in [3.8, 4) is 0 Å². The van der Waals surface area contributed by atoms with E-state index in [1.165, 1.54) is 0 Å². The van der Waals surface area contributed by atoms with Gasteiger partial charge in [0.25, 0.3) is 5.91 Å². The monoisotopic (exact) mass is 255 g/mol. The molecule has 0 fully saturated rings. The van der Waals surface area contributed by atoms with Crippen molar-refractivity contribution < 1.29 is 4.79 Å². The van der Waals surface area contributed by atoms with Gasteiger partial charge in [0, 0.05) is 12.7 Å². The third-order valence-corrected chi connectivity index (χ3v) is 2.80. The van der Waals surface area contributed by atoms with Gasteiger partial charge in [-0.15, -0.1) is 0 Å². The Bertz CT molecular complexity index is 554. The zero-order chi connectivity index (χ0) is 13.7. The van der Waals surface area contributed by atoms with Crippen LogP contribution in [0.1, 0.15) is 23.8 Å². The summed E-state index contributed by atoms with van der Waals surface area (Å²) in [5.41, 5.74) is 7.72. The van der Waals surface area contributed by atoms with Gasteiger partial charge in [-0.05, 0) is 30.7 Å². The molecule has 2 N–H and O–H groups in total. The van der Waals surface area contributed by atoms with Crippen molar-refractivity contribution in [2.45, 2.75) is 13.3 Å². The quantitative estimate of drug-likeness (QED) is 0.854. The van der Waals surface area contributed by atoms with Gasteiger partial charge in [0.05, 0.1) is 11.4 Å². The Balaban J connectivity index is 2.36. The van der Waals surface area contributed by atoms with Crippen LogP contribution in [0.2, 0.25) is 0 Å². The highest BCUT2D eigenvalue weighted by Crippen LogP contribution is 2.24. The molecule has 0 spiro atoms. The van der Waals surface area contributed by atoms with Crippen LogP contribution in [0.3, 0.4) is 0 Å². The maximum absolute atomic E-state index is 12.5. The minimum absolute atomic E-state index is 0.125. The van der Waals surface area contributed by atoms with Gasteiger partial charge >= 0.3 is 0 Å². The summed E-state index contributed by atoms with van der Waals surface area (Å²) in [6, 6.07) is 12.7. The number of nitrogens with zero attached hydrogens (tertiary/aromatic N) is 2. The number of benzene rings is 1. The average Bonchev–Trinajstić information content (AvgIpc) is 2.46. The Morgan fingerprint density at radius 3 is 2.58 bits per heavy atom.